The second kappa shape index (κ2) is 7.05. The topological polar surface area (TPSA) is 72.6 Å². The molecule has 1 heterocycles. The number of ether oxygens (including phenoxy) is 1. The molecule has 1 unspecified atom stereocenters. The second-order valence-electron chi connectivity index (χ2n) is 5.01. The molecule has 0 saturated carbocycles. The Hall–Kier alpha value is -1.88. The number of esters is 1. The quantitative estimate of drug-likeness (QED) is 0.835. The summed E-state index contributed by atoms with van der Waals surface area (Å²) in [5.41, 5.74) is 6.70. The van der Waals surface area contributed by atoms with Gasteiger partial charge < -0.3 is 15.4 Å². The van der Waals surface area contributed by atoms with Crippen molar-refractivity contribution in [2.45, 2.75) is 31.9 Å². The van der Waals surface area contributed by atoms with Gasteiger partial charge in [0.1, 0.15) is 13.2 Å². The number of nitrogens with zero attached hydrogens (tertiary/aromatic N) is 1. The average molecular weight is 276 g/mol. The van der Waals surface area contributed by atoms with Crippen LogP contribution in [-0.4, -0.2) is 35.9 Å². The number of nitrogens with two attached hydrogens (primary N) is 1. The molecule has 5 nitrogen and oxygen atoms in total. The third-order valence-electron chi connectivity index (χ3n) is 3.38. The number of benzene rings is 1. The van der Waals surface area contributed by atoms with Gasteiger partial charge in [-0.15, -0.1) is 0 Å². The van der Waals surface area contributed by atoms with Gasteiger partial charge in [0.15, 0.2) is 0 Å². The van der Waals surface area contributed by atoms with Crippen LogP contribution in [0.4, 0.5) is 0 Å². The van der Waals surface area contributed by atoms with Gasteiger partial charge in [0.05, 0.1) is 6.04 Å². The summed E-state index contributed by atoms with van der Waals surface area (Å²) in [5, 5.41) is 0. The van der Waals surface area contributed by atoms with E-state index >= 15 is 0 Å². The summed E-state index contributed by atoms with van der Waals surface area (Å²) in [6.45, 7) is 0.792. The van der Waals surface area contributed by atoms with E-state index in [2.05, 4.69) is 0 Å². The molecule has 1 aliphatic rings. The third kappa shape index (κ3) is 4.06. The Kier molecular flexibility index (Phi) is 5.12. The number of rotatable bonds is 4. The van der Waals surface area contributed by atoms with E-state index in [0.29, 0.717) is 13.0 Å². The maximum atomic E-state index is 11.9. The van der Waals surface area contributed by atoms with Crippen molar-refractivity contribution in [1.82, 2.24) is 4.90 Å². The smallest absolute Gasteiger partial charge is 0.325 e. The van der Waals surface area contributed by atoms with Crippen molar-refractivity contribution < 1.29 is 14.3 Å². The molecule has 2 N–H and O–H groups in total. The number of carbonyl (C=O) groups excluding carboxylic acids is 2. The van der Waals surface area contributed by atoms with Crippen LogP contribution in [-0.2, 0) is 20.9 Å². The Morgan fingerprint density at radius 1 is 1.30 bits per heavy atom. The first-order valence-electron chi connectivity index (χ1n) is 6.91. The van der Waals surface area contributed by atoms with E-state index in [-0.39, 0.29) is 19.1 Å². The number of amides is 1. The SMILES string of the molecule is NC1CCCCN(CC(=O)OCc2ccccc2)C1=O. The molecule has 108 valence electrons. The first-order valence-corrected chi connectivity index (χ1v) is 6.91. The van der Waals surface area contributed by atoms with E-state index in [4.69, 9.17) is 10.5 Å². The highest BCUT2D eigenvalue weighted by Gasteiger charge is 2.25. The summed E-state index contributed by atoms with van der Waals surface area (Å²) in [6.07, 6.45) is 2.49. The van der Waals surface area contributed by atoms with Crippen LogP contribution in [0.3, 0.4) is 0 Å². The molecule has 1 amide bonds. The zero-order chi connectivity index (χ0) is 14.4. The molecule has 0 aromatic heterocycles. The fourth-order valence-corrected chi connectivity index (χ4v) is 2.23. The molecule has 0 bridgehead atoms. The molecule has 1 atom stereocenters. The number of carbonyl (C=O) groups is 2. The summed E-state index contributed by atoms with van der Waals surface area (Å²) in [5.74, 6) is -0.546. The Morgan fingerprint density at radius 2 is 2.05 bits per heavy atom. The summed E-state index contributed by atoms with van der Waals surface area (Å²) >= 11 is 0. The normalized spacial score (nSPS) is 19.6. The van der Waals surface area contributed by atoms with E-state index in [9.17, 15) is 9.59 Å². The molecule has 0 aliphatic carbocycles. The van der Waals surface area contributed by atoms with Gasteiger partial charge in [0.2, 0.25) is 5.91 Å². The van der Waals surface area contributed by atoms with Crippen molar-refractivity contribution in [1.29, 1.82) is 0 Å². The van der Waals surface area contributed by atoms with E-state index < -0.39 is 12.0 Å². The van der Waals surface area contributed by atoms with Crippen molar-refractivity contribution >= 4 is 11.9 Å². The van der Waals surface area contributed by atoms with Gasteiger partial charge in [-0.1, -0.05) is 30.3 Å². The fraction of sp³-hybridized carbons (Fsp3) is 0.467. The lowest BCUT2D eigenvalue weighted by Gasteiger charge is -2.21. The van der Waals surface area contributed by atoms with Gasteiger partial charge in [-0.25, -0.2) is 0 Å². The Morgan fingerprint density at radius 3 is 2.80 bits per heavy atom. The average Bonchev–Trinajstić information content (AvgIpc) is 2.62. The minimum atomic E-state index is -0.487. The molecule has 1 aromatic carbocycles. The Bertz CT molecular complexity index is 461. The van der Waals surface area contributed by atoms with Crippen molar-refractivity contribution in [3.8, 4) is 0 Å². The maximum absolute atomic E-state index is 11.9. The number of hydrogen-bond acceptors (Lipinski definition) is 4. The van der Waals surface area contributed by atoms with E-state index in [0.717, 1.165) is 18.4 Å². The first-order chi connectivity index (χ1) is 9.66. The van der Waals surface area contributed by atoms with Crippen LogP contribution in [0.2, 0.25) is 0 Å². The van der Waals surface area contributed by atoms with Crippen LogP contribution >= 0.6 is 0 Å². The van der Waals surface area contributed by atoms with Crippen molar-refractivity contribution in [2.24, 2.45) is 5.73 Å². The molecule has 0 radical (unpaired) electrons. The van der Waals surface area contributed by atoms with Gasteiger partial charge in [-0.2, -0.15) is 0 Å². The minimum absolute atomic E-state index is 0.0145. The summed E-state index contributed by atoms with van der Waals surface area (Å²) in [6, 6.07) is 8.98. The lowest BCUT2D eigenvalue weighted by molar-refractivity contribution is -0.150. The Balaban J connectivity index is 1.83. The molecule has 5 heteroatoms. The predicted octanol–water partition coefficient (Wildman–Crippen LogP) is 1.07. The summed E-state index contributed by atoms with van der Waals surface area (Å²) in [7, 11) is 0. The highest BCUT2D eigenvalue weighted by atomic mass is 16.5. The molecular formula is C15H20N2O3. The lowest BCUT2D eigenvalue weighted by atomic mass is 10.1. The van der Waals surface area contributed by atoms with Crippen LogP contribution in [0.25, 0.3) is 0 Å². The van der Waals surface area contributed by atoms with Gasteiger partial charge in [-0.3, -0.25) is 9.59 Å². The molecule has 1 aliphatic heterocycles. The maximum Gasteiger partial charge on any atom is 0.325 e. The van der Waals surface area contributed by atoms with Crippen molar-refractivity contribution in [2.75, 3.05) is 13.1 Å². The minimum Gasteiger partial charge on any atom is -0.459 e. The molecule has 20 heavy (non-hydrogen) atoms. The van der Waals surface area contributed by atoms with E-state index in [1.54, 1.807) is 0 Å². The highest BCUT2D eigenvalue weighted by molar-refractivity contribution is 5.85. The van der Waals surface area contributed by atoms with Crippen molar-refractivity contribution in [3.05, 3.63) is 35.9 Å². The summed E-state index contributed by atoms with van der Waals surface area (Å²) < 4.78 is 5.18. The standard InChI is InChI=1S/C15H20N2O3/c16-13-8-4-5-9-17(15(13)19)10-14(18)20-11-12-6-2-1-3-7-12/h1-3,6-7,13H,4-5,8-11,16H2. The predicted molar refractivity (Wildman–Crippen MR) is 74.6 cm³/mol. The zero-order valence-electron chi connectivity index (χ0n) is 11.5. The molecule has 2 rings (SSSR count). The molecule has 1 saturated heterocycles. The number of likely N-dealkylation sites (tertiary alicyclic amines) is 1. The summed E-state index contributed by atoms with van der Waals surface area (Å²) in [4.78, 5) is 25.2. The van der Waals surface area contributed by atoms with E-state index in [1.165, 1.54) is 4.90 Å². The lowest BCUT2D eigenvalue weighted by Crippen LogP contribution is -2.44. The van der Waals surface area contributed by atoms with Crippen molar-refractivity contribution in [3.63, 3.8) is 0 Å². The van der Waals surface area contributed by atoms with Crippen LogP contribution in [0.5, 0.6) is 0 Å². The second-order valence-corrected chi connectivity index (χ2v) is 5.01. The van der Waals surface area contributed by atoms with Gasteiger partial charge in [0, 0.05) is 6.54 Å². The van der Waals surface area contributed by atoms with Crippen LogP contribution < -0.4 is 5.73 Å². The van der Waals surface area contributed by atoms with Gasteiger partial charge >= 0.3 is 5.97 Å². The fourth-order valence-electron chi connectivity index (χ4n) is 2.23. The molecule has 0 spiro atoms. The van der Waals surface area contributed by atoms with Crippen LogP contribution in [0, 0.1) is 0 Å². The van der Waals surface area contributed by atoms with E-state index in [1.807, 2.05) is 30.3 Å². The highest BCUT2D eigenvalue weighted by Crippen LogP contribution is 2.11. The Labute approximate surface area is 118 Å². The van der Waals surface area contributed by atoms with Gasteiger partial charge in [-0.05, 0) is 24.8 Å². The number of hydrogen-bond donors (Lipinski definition) is 1. The van der Waals surface area contributed by atoms with Gasteiger partial charge in [0.25, 0.3) is 0 Å². The van der Waals surface area contributed by atoms with Crippen LogP contribution in [0.15, 0.2) is 30.3 Å². The first kappa shape index (κ1) is 14.5. The molecular weight excluding hydrogens is 256 g/mol. The third-order valence-corrected chi connectivity index (χ3v) is 3.38. The monoisotopic (exact) mass is 276 g/mol. The van der Waals surface area contributed by atoms with Crippen LogP contribution in [0.1, 0.15) is 24.8 Å². The largest absolute Gasteiger partial charge is 0.459 e. The molecule has 1 fully saturated rings. The molecule has 1 aromatic rings. The zero-order valence-corrected chi connectivity index (χ0v) is 11.5.